The quantitative estimate of drug-likeness (QED) is 0.549. The van der Waals surface area contributed by atoms with Gasteiger partial charge in [-0.3, -0.25) is 4.79 Å². The number of fused-ring (bicyclic) bond motifs is 1. The number of rotatable bonds is 5. The zero-order valence-corrected chi connectivity index (χ0v) is 19.9. The van der Waals surface area contributed by atoms with Crippen LogP contribution in [0.15, 0.2) is 38.2 Å². The third kappa shape index (κ3) is 3.97. The van der Waals surface area contributed by atoms with Gasteiger partial charge in [-0.25, -0.2) is 8.42 Å². The standard InChI is InChI=1S/C24H30N2O5S/c1-16-14-20-18(3)21(24(27)26-11-7-5-6-8-12-26)31-22(20)23(17(16)2)32(28,29)25(4)15-19-10-9-13-30-19/h9-10,13-14H,5-8,11-12,15H2,1-4H3. The molecule has 32 heavy (non-hydrogen) atoms. The molecule has 3 aromatic rings. The summed E-state index contributed by atoms with van der Waals surface area (Å²) in [4.78, 5) is 15.2. The average molecular weight is 459 g/mol. The molecule has 0 spiro atoms. The van der Waals surface area contributed by atoms with Crippen molar-refractivity contribution in [2.24, 2.45) is 0 Å². The fourth-order valence-electron chi connectivity index (χ4n) is 4.34. The number of benzene rings is 1. The number of aryl methyl sites for hydroxylation is 2. The van der Waals surface area contributed by atoms with Gasteiger partial charge in [-0.2, -0.15) is 4.31 Å². The third-order valence-electron chi connectivity index (χ3n) is 6.41. The molecule has 7 nitrogen and oxygen atoms in total. The SMILES string of the molecule is Cc1cc2c(C)c(C(=O)N3CCCCCC3)oc2c(S(=O)(=O)N(C)Cc2ccco2)c1C. The molecule has 0 radical (unpaired) electrons. The Morgan fingerprint density at radius 1 is 1.09 bits per heavy atom. The number of furan rings is 2. The van der Waals surface area contributed by atoms with Gasteiger partial charge in [-0.15, -0.1) is 0 Å². The lowest BCUT2D eigenvalue weighted by Crippen LogP contribution is -2.31. The van der Waals surface area contributed by atoms with Crippen LogP contribution in [0, 0.1) is 20.8 Å². The van der Waals surface area contributed by atoms with Crippen LogP contribution in [0.25, 0.3) is 11.0 Å². The minimum absolute atomic E-state index is 0.101. The second-order valence-corrected chi connectivity index (χ2v) is 10.6. The molecular weight excluding hydrogens is 428 g/mol. The Balaban J connectivity index is 1.81. The summed E-state index contributed by atoms with van der Waals surface area (Å²) in [6, 6.07) is 5.37. The van der Waals surface area contributed by atoms with Crippen molar-refractivity contribution < 1.29 is 22.0 Å². The Labute approximate surface area is 189 Å². The van der Waals surface area contributed by atoms with Crippen molar-refractivity contribution >= 4 is 26.9 Å². The van der Waals surface area contributed by atoms with E-state index in [1.807, 2.05) is 24.8 Å². The highest BCUT2D eigenvalue weighted by atomic mass is 32.2. The Morgan fingerprint density at radius 3 is 2.41 bits per heavy atom. The number of amides is 1. The molecule has 3 heterocycles. The molecule has 0 aliphatic carbocycles. The summed E-state index contributed by atoms with van der Waals surface area (Å²) in [7, 11) is -2.38. The second-order valence-electron chi connectivity index (χ2n) is 8.63. The van der Waals surface area contributed by atoms with Crippen LogP contribution in [0.2, 0.25) is 0 Å². The van der Waals surface area contributed by atoms with Gasteiger partial charge in [0.2, 0.25) is 10.0 Å². The summed E-state index contributed by atoms with van der Waals surface area (Å²) in [5.74, 6) is 0.616. The van der Waals surface area contributed by atoms with E-state index >= 15 is 0 Å². The van der Waals surface area contributed by atoms with Gasteiger partial charge in [0.25, 0.3) is 5.91 Å². The number of sulfonamides is 1. The van der Waals surface area contributed by atoms with Gasteiger partial charge < -0.3 is 13.7 Å². The summed E-state index contributed by atoms with van der Waals surface area (Å²) in [5, 5.41) is 0.663. The molecule has 0 bridgehead atoms. The van der Waals surface area contributed by atoms with E-state index in [9.17, 15) is 13.2 Å². The molecule has 1 saturated heterocycles. The van der Waals surface area contributed by atoms with E-state index in [4.69, 9.17) is 8.83 Å². The Kier molecular flexibility index (Phi) is 6.18. The molecule has 2 aromatic heterocycles. The minimum Gasteiger partial charge on any atom is -0.468 e. The van der Waals surface area contributed by atoms with Crippen LogP contribution in [0.4, 0.5) is 0 Å². The maximum atomic E-state index is 13.6. The maximum absolute atomic E-state index is 13.6. The Morgan fingerprint density at radius 2 is 1.78 bits per heavy atom. The van der Waals surface area contributed by atoms with Crippen molar-refractivity contribution in [1.29, 1.82) is 0 Å². The molecule has 4 rings (SSSR count). The van der Waals surface area contributed by atoms with E-state index in [-0.39, 0.29) is 28.7 Å². The molecule has 1 amide bonds. The highest BCUT2D eigenvalue weighted by molar-refractivity contribution is 7.89. The summed E-state index contributed by atoms with van der Waals surface area (Å²) in [5.41, 5.74) is 2.38. The van der Waals surface area contributed by atoms with Crippen molar-refractivity contribution in [3.63, 3.8) is 0 Å². The van der Waals surface area contributed by atoms with Gasteiger partial charge in [0, 0.05) is 31.1 Å². The molecule has 0 saturated carbocycles. The first-order valence-electron chi connectivity index (χ1n) is 11.0. The molecule has 1 aliphatic rings. The molecule has 0 N–H and O–H groups in total. The lowest BCUT2D eigenvalue weighted by molar-refractivity contribution is 0.0731. The van der Waals surface area contributed by atoms with E-state index < -0.39 is 10.0 Å². The van der Waals surface area contributed by atoms with Crippen LogP contribution >= 0.6 is 0 Å². The molecule has 1 aliphatic heterocycles. The van der Waals surface area contributed by atoms with Crippen molar-refractivity contribution in [3.8, 4) is 0 Å². The van der Waals surface area contributed by atoms with Gasteiger partial charge in [0.15, 0.2) is 11.3 Å². The predicted octanol–water partition coefficient (Wildman–Crippen LogP) is 4.79. The smallest absolute Gasteiger partial charge is 0.289 e. The van der Waals surface area contributed by atoms with Crippen LogP contribution in [-0.4, -0.2) is 43.7 Å². The van der Waals surface area contributed by atoms with Crippen molar-refractivity contribution in [2.45, 2.75) is 57.9 Å². The monoisotopic (exact) mass is 458 g/mol. The van der Waals surface area contributed by atoms with Crippen LogP contribution in [0.1, 0.15) is 58.7 Å². The number of hydrogen-bond donors (Lipinski definition) is 0. The summed E-state index contributed by atoms with van der Waals surface area (Å²) in [6.07, 6.45) is 5.70. The van der Waals surface area contributed by atoms with E-state index in [1.165, 1.54) is 17.6 Å². The normalized spacial score (nSPS) is 15.5. The number of carbonyl (C=O) groups excluding carboxylic acids is 1. The first-order valence-corrected chi connectivity index (χ1v) is 12.5. The molecule has 0 unspecified atom stereocenters. The van der Waals surface area contributed by atoms with E-state index in [0.717, 1.165) is 31.2 Å². The van der Waals surface area contributed by atoms with Crippen LogP contribution in [0.5, 0.6) is 0 Å². The zero-order valence-electron chi connectivity index (χ0n) is 19.1. The van der Waals surface area contributed by atoms with Crippen LogP contribution in [-0.2, 0) is 16.6 Å². The molecule has 0 atom stereocenters. The largest absolute Gasteiger partial charge is 0.468 e. The number of hydrogen-bond acceptors (Lipinski definition) is 5. The van der Waals surface area contributed by atoms with Crippen LogP contribution in [0.3, 0.4) is 0 Å². The fraction of sp³-hybridized carbons (Fsp3) is 0.458. The van der Waals surface area contributed by atoms with Gasteiger partial charge in [0.1, 0.15) is 10.7 Å². The predicted molar refractivity (Wildman–Crippen MR) is 122 cm³/mol. The lowest BCUT2D eigenvalue weighted by atomic mass is 10.0. The number of carbonyl (C=O) groups is 1. The van der Waals surface area contributed by atoms with Gasteiger partial charge >= 0.3 is 0 Å². The summed E-state index contributed by atoms with van der Waals surface area (Å²) >= 11 is 0. The molecular formula is C24H30N2O5S. The maximum Gasteiger partial charge on any atom is 0.289 e. The number of nitrogens with zero attached hydrogens (tertiary/aromatic N) is 2. The first-order chi connectivity index (χ1) is 15.2. The first kappa shape index (κ1) is 22.6. The highest BCUT2D eigenvalue weighted by Gasteiger charge is 2.32. The van der Waals surface area contributed by atoms with Crippen LogP contribution < -0.4 is 0 Å². The lowest BCUT2D eigenvalue weighted by Gasteiger charge is -2.19. The molecule has 1 aromatic carbocycles. The van der Waals surface area contributed by atoms with Crippen molar-refractivity contribution in [1.82, 2.24) is 9.21 Å². The molecule has 172 valence electrons. The summed E-state index contributed by atoms with van der Waals surface area (Å²) in [6.45, 7) is 6.98. The highest BCUT2D eigenvalue weighted by Crippen LogP contribution is 2.36. The second kappa shape index (κ2) is 8.75. The third-order valence-corrected chi connectivity index (χ3v) is 8.36. The molecule has 1 fully saturated rings. The Bertz CT molecular complexity index is 1230. The van der Waals surface area contributed by atoms with Gasteiger partial charge in [-0.05, 0) is 62.9 Å². The number of likely N-dealkylation sites (tertiary alicyclic amines) is 1. The van der Waals surface area contributed by atoms with Crippen molar-refractivity contribution in [2.75, 3.05) is 20.1 Å². The van der Waals surface area contributed by atoms with Gasteiger partial charge in [-0.1, -0.05) is 12.8 Å². The van der Waals surface area contributed by atoms with Crippen molar-refractivity contribution in [3.05, 3.63) is 52.7 Å². The Hall–Kier alpha value is -2.58. The zero-order chi connectivity index (χ0) is 23.0. The average Bonchev–Trinajstić information content (AvgIpc) is 3.26. The molecule has 8 heteroatoms. The fourth-order valence-corrected chi connectivity index (χ4v) is 5.88. The van der Waals surface area contributed by atoms with E-state index in [1.54, 1.807) is 19.1 Å². The minimum atomic E-state index is -3.90. The van der Waals surface area contributed by atoms with Gasteiger partial charge in [0.05, 0.1) is 12.8 Å². The summed E-state index contributed by atoms with van der Waals surface area (Å²) < 4.78 is 39.9. The van der Waals surface area contributed by atoms with E-state index in [2.05, 4.69) is 0 Å². The van der Waals surface area contributed by atoms with E-state index in [0.29, 0.717) is 35.4 Å². The topological polar surface area (TPSA) is 84.0 Å².